The number of benzene rings is 1. The van der Waals surface area contributed by atoms with Crippen LogP contribution in [0.2, 0.25) is 0 Å². The quantitative estimate of drug-likeness (QED) is 0.633. The maximum atomic E-state index is 3.41. The SMILES string of the molecule is [C](=Cc1ccccc1)[C]1[CH]CC/C=C\CC1. The van der Waals surface area contributed by atoms with Crippen molar-refractivity contribution in [3.8, 4) is 0 Å². The van der Waals surface area contributed by atoms with Crippen molar-refractivity contribution < 1.29 is 0 Å². The van der Waals surface area contributed by atoms with Crippen LogP contribution in [-0.4, -0.2) is 0 Å². The Bertz CT molecular complexity index is 346. The summed E-state index contributed by atoms with van der Waals surface area (Å²) < 4.78 is 0. The molecule has 0 heteroatoms. The summed E-state index contributed by atoms with van der Waals surface area (Å²) in [5.41, 5.74) is 1.22. The summed E-state index contributed by atoms with van der Waals surface area (Å²) in [7, 11) is 0. The lowest BCUT2D eigenvalue weighted by Gasteiger charge is -2.11. The molecule has 0 amide bonds. The lowest BCUT2D eigenvalue weighted by atomic mass is 9.93. The van der Waals surface area contributed by atoms with Crippen LogP contribution in [-0.2, 0) is 0 Å². The molecule has 16 heavy (non-hydrogen) atoms. The minimum absolute atomic E-state index is 1.11. The summed E-state index contributed by atoms with van der Waals surface area (Å²) in [6, 6.07) is 10.4. The fraction of sp³-hybridized carbons (Fsp3) is 0.250. The predicted molar refractivity (Wildman–Crippen MR) is 69.3 cm³/mol. The third kappa shape index (κ3) is 3.69. The third-order valence-electron chi connectivity index (χ3n) is 2.69. The first-order valence-corrected chi connectivity index (χ1v) is 5.94. The van der Waals surface area contributed by atoms with Crippen LogP contribution >= 0.6 is 0 Å². The molecule has 0 fully saturated rings. The molecule has 1 aromatic rings. The molecule has 0 aromatic heterocycles. The molecule has 1 aliphatic carbocycles. The van der Waals surface area contributed by atoms with Gasteiger partial charge in [-0.05, 0) is 43.7 Å². The van der Waals surface area contributed by atoms with E-state index in [4.69, 9.17) is 0 Å². The van der Waals surface area contributed by atoms with Gasteiger partial charge in [-0.2, -0.15) is 0 Å². The van der Waals surface area contributed by atoms with Gasteiger partial charge in [0.15, 0.2) is 0 Å². The first-order valence-electron chi connectivity index (χ1n) is 5.94. The van der Waals surface area contributed by atoms with E-state index in [-0.39, 0.29) is 0 Å². The maximum absolute atomic E-state index is 3.41. The van der Waals surface area contributed by atoms with Gasteiger partial charge in [0.25, 0.3) is 0 Å². The molecule has 0 bridgehead atoms. The topological polar surface area (TPSA) is 0 Å². The van der Waals surface area contributed by atoms with Crippen molar-refractivity contribution in [2.45, 2.75) is 25.7 Å². The van der Waals surface area contributed by atoms with Crippen molar-refractivity contribution in [1.82, 2.24) is 0 Å². The molecule has 3 radical (unpaired) electrons. The van der Waals surface area contributed by atoms with Crippen molar-refractivity contribution in [1.29, 1.82) is 0 Å². The van der Waals surface area contributed by atoms with Crippen molar-refractivity contribution >= 4 is 6.08 Å². The summed E-state index contributed by atoms with van der Waals surface area (Å²) in [6.45, 7) is 0. The van der Waals surface area contributed by atoms with Gasteiger partial charge in [0.2, 0.25) is 0 Å². The van der Waals surface area contributed by atoms with E-state index < -0.39 is 0 Å². The minimum Gasteiger partial charge on any atom is -0.0885 e. The summed E-state index contributed by atoms with van der Waals surface area (Å²) in [5, 5.41) is 0. The molecule has 0 saturated heterocycles. The summed E-state index contributed by atoms with van der Waals surface area (Å²) in [6.07, 6.45) is 16.9. The highest BCUT2D eigenvalue weighted by molar-refractivity contribution is 5.49. The van der Waals surface area contributed by atoms with Crippen molar-refractivity contribution in [2.24, 2.45) is 0 Å². The lowest BCUT2D eigenvalue weighted by Crippen LogP contribution is -1.97. The van der Waals surface area contributed by atoms with E-state index >= 15 is 0 Å². The summed E-state index contributed by atoms with van der Waals surface area (Å²) in [4.78, 5) is 0. The van der Waals surface area contributed by atoms with Gasteiger partial charge in [-0.1, -0.05) is 48.6 Å². The van der Waals surface area contributed by atoms with Crippen LogP contribution in [0.1, 0.15) is 31.2 Å². The summed E-state index contributed by atoms with van der Waals surface area (Å²) >= 11 is 0. The zero-order chi connectivity index (χ0) is 11.1. The van der Waals surface area contributed by atoms with Crippen molar-refractivity contribution in [3.05, 3.63) is 66.5 Å². The smallest absolute Gasteiger partial charge is 0.00901 e. The number of hydrogen-bond acceptors (Lipinski definition) is 0. The molecule has 1 aliphatic rings. The van der Waals surface area contributed by atoms with Gasteiger partial charge in [-0.3, -0.25) is 0 Å². The van der Waals surface area contributed by atoms with Gasteiger partial charge in [0.05, 0.1) is 0 Å². The molecule has 0 atom stereocenters. The van der Waals surface area contributed by atoms with E-state index in [1.807, 2.05) is 6.07 Å². The molecule has 0 aliphatic heterocycles. The number of rotatable bonds is 2. The first kappa shape index (κ1) is 11.2. The first-order chi connectivity index (χ1) is 7.95. The van der Waals surface area contributed by atoms with Crippen molar-refractivity contribution in [2.75, 3.05) is 0 Å². The molecule has 0 nitrogen and oxygen atoms in total. The number of allylic oxidation sites excluding steroid dienone is 3. The minimum atomic E-state index is 1.11. The van der Waals surface area contributed by atoms with Crippen LogP contribution in [0.4, 0.5) is 0 Å². The second kappa shape index (κ2) is 6.32. The molecular formula is C16H17. The van der Waals surface area contributed by atoms with E-state index in [9.17, 15) is 0 Å². The van der Waals surface area contributed by atoms with Crippen LogP contribution < -0.4 is 0 Å². The predicted octanol–water partition coefficient (Wildman–Crippen LogP) is 4.41. The van der Waals surface area contributed by atoms with Gasteiger partial charge < -0.3 is 0 Å². The summed E-state index contributed by atoms with van der Waals surface area (Å²) in [5.74, 6) is 1.34. The molecule has 0 N–H and O–H groups in total. The van der Waals surface area contributed by atoms with Gasteiger partial charge in [-0.15, -0.1) is 0 Å². The molecule has 0 unspecified atom stereocenters. The third-order valence-corrected chi connectivity index (χ3v) is 2.69. The average molecular weight is 209 g/mol. The van der Waals surface area contributed by atoms with E-state index in [0.717, 1.165) is 25.7 Å². The standard InChI is InChI=1S/C16H17/c1-2-5-9-15(10-6-3-1)13-14-16-11-7-4-8-12-16/h1-2,4,7-8,10-12,14H,3,5-6,9H2/b2-1-,14-13?. The van der Waals surface area contributed by atoms with Crippen LogP contribution in [0.15, 0.2) is 42.5 Å². The highest BCUT2D eigenvalue weighted by Gasteiger charge is 2.06. The zero-order valence-electron chi connectivity index (χ0n) is 9.52. The van der Waals surface area contributed by atoms with Gasteiger partial charge in [0.1, 0.15) is 0 Å². The average Bonchev–Trinajstić information content (AvgIpc) is 2.29. The van der Waals surface area contributed by atoms with Crippen LogP contribution in [0.3, 0.4) is 0 Å². The van der Waals surface area contributed by atoms with Gasteiger partial charge in [-0.25, -0.2) is 0 Å². The van der Waals surface area contributed by atoms with E-state index in [1.54, 1.807) is 0 Å². The van der Waals surface area contributed by atoms with Gasteiger partial charge >= 0.3 is 0 Å². The Kier molecular flexibility index (Phi) is 4.42. The van der Waals surface area contributed by atoms with Crippen LogP contribution in [0.5, 0.6) is 0 Å². The Morgan fingerprint density at radius 2 is 1.75 bits per heavy atom. The fourth-order valence-corrected chi connectivity index (χ4v) is 1.79. The molecular weight excluding hydrogens is 192 g/mol. The zero-order valence-corrected chi connectivity index (χ0v) is 9.52. The molecule has 1 aromatic carbocycles. The second-order valence-corrected chi connectivity index (χ2v) is 4.02. The molecule has 2 rings (SSSR count). The fourth-order valence-electron chi connectivity index (χ4n) is 1.79. The maximum Gasteiger partial charge on any atom is 0.00901 e. The molecule has 0 spiro atoms. The van der Waals surface area contributed by atoms with E-state index in [1.165, 1.54) is 11.5 Å². The largest absolute Gasteiger partial charge is 0.0885 e. The molecule has 0 saturated carbocycles. The second-order valence-electron chi connectivity index (χ2n) is 4.02. The van der Waals surface area contributed by atoms with E-state index in [0.29, 0.717) is 0 Å². The Morgan fingerprint density at radius 3 is 2.62 bits per heavy atom. The Balaban J connectivity index is 1.93. The monoisotopic (exact) mass is 209 g/mol. The molecule has 81 valence electrons. The van der Waals surface area contributed by atoms with E-state index in [2.05, 4.69) is 55.0 Å². The van der Waals surface area contributed by atoms with Crippen LogP contribution in [0.25, 0.3) is 6.08 Å². The van der Waals surface area contributed by atoms with Crippen LogP contribution in [0, 0.1) is 18.4 Å². The number of hydrogen-bond donors (Lipinski definition) is 0. The Hall–Kier alpha value is -1.30. The lowest BCUT2D eigenvalue weighted by molar-refractivity contribution is 0.816. The van der Waals surface area contributed by atoms with Crippen molar-refractivity contribution in [3.63, 3.8) is 0 Å². The highest BCUT2D eigenvalue weighted by atomic mass is 14.1. The Morgan fingerprint density at radius 1 is 0.938 bits per heavy atom. The van der Waals surface area contributed by atoms with Gasteiger partial charge in [0, 0.05) is 5.92 Å². The highest BCUT2D eigenvalue weighted by Crippen LogP contribution is 2.21. The molecule has 0 heterocycles. The normalized spacial score (nSPS) is 20.5. The Labute approximate surface area is 98.7 Å².